The first-order valence-corrected chi connectivity index (χ1v) is 5.03. The third-order valence-electron chi connectivity index (χ3n) is 2.07. The zero-order valence-corrected chi connectivity index (χ0v) is 11.5. The van der Waals surface area contributed by atoms with Gasteiger partial charge in [-0.05, 0) is 17.7 Å². The van der Waals surface area contributed by atoms with Gasteiger partial charge in [0.1, 0.15) is 7.05 Å². The molecule has 0 fully saturated rings. The standard InChI is InChI=1S/C10H14N5.HI/c1-3-6-15-12-10(11-13-15)9-5-4-7-14(2)8-9;/h4-5,7-8H,3,6H2,1-2H3;1H/q+1;/p-1. The Morgan fingerprint density at radius 3 is 2.94 bits per heavy atom. The molecule has 0 aliphatic rings. The molecular weight excluding hydrogens is 317 g/mol. The summed E-state index contributed by atoms with van der Waals surface area (Å²) >= 11 is 0. The summed E-state index contributed by atoms with van der Waals surface area (Å²) in [6.07, 6.45) is 4.96. The molecule has 2 rings (SSSR count). The van der Waals surface area contributed by atoms with Crippen molar-refractivity contribution in [3.05, 3.63) is 24.5 Å². The first-order chi connectivity index (χ1) is 7.29. The van der Waals surface area contributed by atoms with E-state index < -0.39 is 0 Å². The molecular formula is C10H14IN5. The second-order valence-corrected chi connectivity index (χ2v) is 3.47. The number of rotatable bonds is 3. The number of hydrogen-bond acceptors (Lipinski definition) is 3. The molecule has 16 heavy (non-hydrogen) atoms. The van der Waals surface area contributed by atoms with Gasteiger partial charge in [-0.15, -0.1) is 10.2 Å². The van der Waals surface area contributed by atoms with Crippen LogP contribution in [0.1, 0.15) is 13.3 Å². The lowest BCUT2D eigenvalue weighted by molar-refractivity contribution is -0.671. The van der Waals surface area contributed by atoms with Crippen LogP contribution < -0.4 is 28.5 Å². The molecule has 2 aromatic heterocycles. The van der Waals surface area contributed by atoms with Crippen molar-refractivity contribution in [3.8, 4) is 11.4 Å². The number of tetrazole rings is 1. The second-order valence-electron chi connectivity index (χ2n) is 3.47. The van der Waals surface area contributed by atoms with E-state index >= 15 is 0 Å². The number of aromatic nitrogens is 5. The predicted octanol–water partition coefficient (Wildman–Crippen LogP) is -2.42. The zero-order chi connectivity index (χ0) is 10.7. The molecule has 5 nitrogen and oxygen atoms in total. The summed E-state index contributed by atoms with van der Waals surface area (Å²) in [5.74, 6) is 0.680. The number of aryl methyl sites for hydroxylation is 2. The van der Waals surface area contributed by atoms with Crippen LogP contribution in [-0.4, -0.2) is 20.2 Å². The highest BCUT2D eigenvalue weighted by atomic mass is 127. The number of hydrogen-bond donors (Lipinski definition) is 0. The molecule has 2 heterocycles. The fourth-order valence-corrected chi connectivity index (χ4v) is 1.37. The van der Waals surface area contributed by atoms with Crippen LogP contribution in [0.5, 0.6) is 0 Å². The average Bonchev–Trinajstić information content (AvgIpc) is 2.67. The van der Waals surface area contributed by atoms with Gasteiger partial charge in [-0.3, -0.25) is 0 Å². The van der Waals surface area contributed by atoms with Crippen LogP contribution >= 0.6 is 0 Å². The summed E-state index contributed by atoms with van der Waals surface area (Å²) in [4.78, 5) is 1.63. The molecule has 0 atom stereocenters. The van der Waals surface area contributed by atoms with Crippen molar-refractivity contribution in [2.45, 2.75) is 19.9 Å². The van der Waals surface area contributed by atoms with Gasteiger partial charge in [0.2, 0.25) is 5.82 Å². The smallest absolute Gasteiger partial charge is 0.210 e. The first-order valence-electron chi connectivity index (χ1n) is 5.03. The maximum atomic E-state index is 4.29. The molecule has 86 valence electrons. The number of pyridine rings is 1. The van der Waals surface area contributed by atoms with E-state index in [1.54, 1.807) is 4.80 Å². The van der Waals surface area contributed by atoms with Crippen molar-refractivity contribution < 1.29 is 28.5 Å². The van der Waals surface area contributed by atoms with Gasteiger partial charge in [0.05, 0.1) is 12.1 Å². The van der Waals surface area contributed by atoms with Gasteiger partial charge in [-0.25, -0.2) is 4.57 Å². The quantitative estimate of drug-likeness (QED) is 0.465. The predicted molar refractivity (Wildman–Crippen MR) is 54.7 cm³/mol. The Balaban J connectivity index is 0.00000128. The number of nitrogens with zero attached hydrogens (tertiary/aromatic N) is 5. The zero-order valence-electron chi connectivity index (χ0n) is 9.34. The lowest BCUT2D eigenvalue weighted by Gasteiger charge is -1.92. The summed E-state index contributed by atoms with van der Waals surface area (Å²) < 4.78 is 1.97. The van der Waals surface area contributed by atoms with Crippen LogP contribution in [0.4, 0.5) is 0 Å². The third kappa shape index (κ3) is 2.97. The molecule has 0 amide bonds. The Morgan fingerprint density at radius 1 is 1.44 bits per heavy atom. The molecule has 0 aliphatic heterocycles. The van der Waals surface area contributed by atoms with E-state index in [1.165, 1.54) is 0 Å². The highest BCUT2D eigenvalue weighted by Gasteiger charge is 2.07. The molecule has 0 saturated heterocycles. The lowest BCUT2D eigenvalue weighted by atomic mass is 10.3. The summed E-state index contributed by atoms with van der Waals surface area (Å²) in [6.45, 7) is 2.90. The molecule has 0 bridgehead atoms. The van der Waals surface area contributed by atoms with Crippen LogP contribution in [-0.2, 0) is 13.6 Å². The van der Waals surface area contributed by atoms with Gasteiger partial charge in [-0.2, -0.15) is 4.80 Å². The highest BCUT2D eigenvalue weighted by Crippen LogP contribution is 2.09. The Kier molecular flexibility index (Phi) is 4.78. The monoisotopic (exact) mass is 331 g/mol. The third-order valence-corrected chi connectivity index (χ3v) is 2.07. The van der Waals surface area contributed by atoms with Gasteiger partial charge in [-0.1, -0.05) is 6.92 Å². The average molecular weight is 331 g/mol. The fourth-order valence-electron chi connectivity index (χ4n) is 1.37. The van der Waals surface area contributed by atoms with Crippen molar-refractivity contribution in [2.75, 3.05) is 0 Å². The van der Waals surface area contributed by atoms with Crippen molar-refractivity contribution >= 4 is 0 Å². The van der Waals surface area contributed by atoms with E-state index in [9.17, 15) is 0 Å². The molecule has 0 radical (unpaired) electrons. The highest BCUT2D eigenvalue weighted by molar-refractivity contribution is 5.50. The Hall–Kier alpha value is -1.05. The Morgan fingerprint density at radius 2 is 2.25 bits per heavy atom. The molecule has 0 aliphatic carbocycles. The summed E-state index contributed by atoms with van der Waals surface area (Å²) in [6, 6.07) is 3.95. The lowest BCUT2D eigenvalue weighted by Crippen LogP contribution is -3.00. The Labute approximate surface area is 112 Å². The van der Waals surface area contributed by atoms with Gasteiger partial charge in [0, 0.05) is 6.07 Å². The maximum Gasteiger partial charge on any atom is 0.210 e. The van der Waals surface area contributed by atoms with Gasteiger partial charge in [0.25, 0.3) is 0 Å². The van der Waals surface area contributed by atoms with E-state index in [4.69, 9.17) is 0 Å². The van der Waals surface area contributed by atoms with Gasteiger partial charge >= 0.3 is 0 Å². The minimum absolute atomic E-state index is 0. The van der Waals surface area contributed by atoms with Crippen LogP contribution in [0.15, 0.2) is 24.5 Å². The SMILES string of the molecule is CCCn1nnc(-c2ccc[n+](C)c2)n1.[I-]. The summed E-state index contributed by atoms with van der Waals surface area (Å²) in [5.41, 5.74) is 0.988. The normalized spacial score (nSPS) is 9.88. The number of halogens is 1. The van der Waals surface area contributed by atoms with Crippen molar-refractivity contribution in [2.24, 2.45) is 7.05 Å². The van der Waals surface area contributed by atoms with Crippen LogP contribution in [0.3, 0.4) is 0 Å². The molecule has 0 saturated carbocycles. The minimum atomic E-state index is 0. The topological polar surface area (TPSA) is 47.5 Å². The fraction of sp³-hybridized carbons (Fsp3) is 0.400. The van der Waals surface area contributed by atoms with Crippen LogP contribution in [0.2, 0.25) is 0 Å². The van der Waals surface area contributed by atoms with E-state index in [1.807, 2.05) is 36.1 Å². The van der Waals surface area contributed by atoms with E-state index in [2.05, 4.69) is 22.3 Å². The van der Waals surface area contributed by atoms with Gasteiger partial charge < -0.3 is 24.0 Å². The largest absolute Gasteiger partial charge is 1.00 e. The molecule has 0 aromatic carbocycles. The molecule has 0 unspecified atom stereocenters. The first kappa shape index (κ1) is 13.0. The minimum Gasteiger partial charge on any atom is -1.00 e. The van der Waals surface area contributed by atoms with Crippen LogP contribution in [0, 0.1) is 0 Å². The van der Waals surface area contributed by atoms with E-state index in [0.29, 0.717) is 5.82 Å². The molecule has 6 heteroatoms. The van der Waals surface area contributed by atoms with E-state index in [-0.39, 0.29) is 24.0 Å². The summed E-state index contributed by atoms with van der Waals surface area (Å²) in [7, 11) is 1.97. The second kappa shape index (κ2) is 5.88. The van der Waals surface area contributed by atoms with Gasteiger partial charge in [0.15, 0.2) is 12.4 Å². The van der Waals surface area contributed by atoms with Crippen molar-refractivity contribution in [1.82, 2.24) is 20.2 Å². The van der Waals surface area contributed by atoms with Crippen LogP contribution in [0.25, 0.3) is 11.4 Å². The molecule has 0 N–H and O–H groups in total. The van der Waals surface area contributed by atoms with E-state index in [0.717, 1.165) is 18.5 Å². The maximum absolute atomic E-state index is 4.29. The summed E-state index contributed by atoms with van der Waals surface area (Å²) in [5, 5.41) is 12.3. The molecule has 0 spiro atoms. The molecule has 2 aromatic rings. The van der Waals surface area contributed by atoms with Crippen molar-refractivity contribution in [1.29, 1.82) is 0 Å². The Bertz CT molecular complexity index is 454. The van der Waals surface area contributed by atoms with Crippen molar-refractivity contribution in [3.63, 3.8) is 0 Å².